The second-order valence-electron chi connectivity index (χ2n) is 4.27. The van der Waals surface area contributed by atoms with E-state index >= 15 is 0 Å². The number of alkyl halides is 3. The molecule has 0 saturated heterocycles. The van der Waals surface area contributed by atoms with Crippen molar-refractivity contribution in [2.24, 2.45) is 5.73 Å². The minimum absolute atomic E-state index is 0.150. The lowest BCUT2D eigenvalue weighted by atomic mass is 10.0. The van der Waals surface area contributed by atoms with Gasteiger partial charge in [0.05, 0.1) is 6.42 Å². The van der Waals surface area contributed by atoms with Crippen molar-refractivity contribution in [3.8, 4) is 0 Å². The van der Waals surface area contributed by atoms with Crippen LogP contribution in [0.2, 0.25) is 0 Å². The highest BCUT2D eigenvalue weighted by Gasteiger charge is 2.27. The first-order valence-corrected chi connectivity index (χ1v) is 5.33. The molecule has 1 aromatic carbocycles. The third-order valence-electron chi connectivity index (χ3n) is 2.52. The highest BCUT2D eigenvalue weighted by molar-refractivity contribution is 5.25. The number of hydrogen-bond acceptors (Lipinski definition) is 1. The van der Waals surface area contributed by atoms with E-state index in [-0.39, 0.29) is 11.6 Å². The van der Waals surface area contributed by atoms with Crippen LogP contribution in [0.4, 0.5) is 13.2 Å². The van der Waals surface area contributed by atoms with Gasteiger partial charge in [0.1, 0.15) is 0 Å². The number of halogens is 3. The molecule has 0 bridgehead atoms. The van der Waals surface area contributed by atoms with E-state index in [1.165, 1.54) is 12.1 Å². The minimum atomic E-state index is -4.16. The topological polar surface area (TPSA) is 26.0 Å². The molecule has 0 aliphatic heterocycles. The zero-order valence-corrected chi connectivity index (χ0v) is 9.72. The van der Waals surface area contributed by atoms with E-state index in [0.29, 0.717) is 6.42 Å². The summed E-state index contributed by atoms with van der Waals surface area (Å²) >= 11 is 0. The molecular weight excluding hydrogens is 227 g/mol. The van der Waals surface area contributed by atoms with E-state index in [0.717, 1.165) is 11.1 Å². The van der Waals surface area contributed by atoms with Crippen molar-refractivity contribution in [2.45, 2.75) is 32.0 Å². The molecule has 0 aliphatic rings. The molecule has 0 fully saturated rings. The van der Waals surface area contributed by atoms with Gasteiger partial charge in [-0.3, -0.25) is 0 Å². The molecule has 1 rings (SSSR count). The summed E-state index contributed by atoms with van der Waals surface area (Å²) in [5.41, 5.74) is 7.87. The Kier molecular flexibility index (Phi) is 4.34. The van der Waals surface area contributed by atoms with Crippen molar-refractivity contribution in [3.05, 3.63) is 47.5 Å². The Bertz CT molecular complexity index is 379. The predicted molar refractivity (Wildman–Crippen MR) is 62.7 cm³/mol. The SMILES string of the molecule is C=C(C)C(N)Cc1ccc(CC(F)(F)F)cc1. The second-order valence-corrected chi connectivity index (χ2v) is 4.27. The summed E-state index contributed by atoms with van der Waals surface area (Å²) in [5, 5.41) is 0. The van der Waals surface area contributed by atoms with Crippen molar-refractivity contribution in [1.82, 2.24) is 0 Å². The first kappa shape index (κ1) is 13.8. The smallest absolute Gasteiger partial charge is 0.324 e. The number of rotatable bonds is 4. The van der Waals surface area contributed by atoms with Gasteiger partial charge < -0.3 is 5.73 Å². The lowest BCUT2D eigenvalue weighted by Crippen LogP contribution is -2.23. The van der Waals surface area contributed by atoms with E-state index in [1.54, 1.807) is 12.1 Å². The van der Waals surface area contributed by atoms with Gasteiger partial charge in [0.25, 0.3) is 0 Å². The zero-order chi connectivity index (χ0) is 13.1. The van der Waals surface area contributed by atoms with Gasteiger partial charge in [-0.1, -0.05) is 36.4 Å². The molecule has 0 saturated carbocycles. The van der Waals surface area contributed by atoms with E-state index in [4.69, 9.17) is 5.73 Å². The molecular formula is C13H16F3N. The summed E-state index contributed by atoms with van der Waals surface area (Å²) in [7, 11) is 0. The summed E-state index contributed by atoms with van der Waals surface area (Å²) in [6, 6.07) is 6.21. The number of benzene rings is 1. The summed E-state index contributed by atoms with van der Waals surface area (Å²) in [6.45, 7) is 5.58. The molecule has 94 valence electrons. The normalized spacial score (nSPS) is 13.5. The highest BCUT2D eigenvalue weighted by Crippen LogP contribution is 2.21. The average Bonchev–Trinajstić information content (AvgIpc) is 2.18. The maximum absolute atomic E-state index is 12.1. The molecule has 17 heavy (non-hydrogen) atoms. The van der Waals surface area contributed by atoms with Crippen LogP contribution < -0.4 is 5.73 Å². The van der Waals surface area contributed by atoms with E-state index in [2.05, 4.69) is 6.58 Å². The Morgan fingerprint density at radius 2 is 1.71 bits per heavy atom. The third-order valence-corrected chi connectivity index (χ3v) is 2.52. The average molecular weight is 243 g/mol. The summed E-state index contributed by atoms with van der Waals surface area (Å²) in [6.07, 6.45) is -4.45. The first-order valence-electron chi connectivity index (χ1n) is 5.33. The van der Waals surface area contributed by atoms with Gasteiger partial charge >= 0.3 is 6.18 Å². The summed E-state index contributed by atoms with van der Waals surface area (Å²) in [5.74, 6) is 0. The van der Waals surface area contributed by atoms with Crippen molar-refractivity contribution < 1.29 is 13.2 Å². The molecule has 1 aromatic rings. The third kappa shape index (κ3) is 5.04. The molecule has 0 radical (unpaired) electrons. The van der Waals surface area contributed by atoms with Crippen molar-refractivity contribution in [1.29, 1.82) is 0 Å². The lowest BCUT2D eigenvalue weighted by molar-refractivity contribution is -0.127. The fraction of sp³-hybridized carbons (Fsp3) is 0.385. The maximum atomic E-state index is 12.1. The first-order chi connectivity index (χ1) is 7.78. The van der Waals surface area contributed by atoms with Gasteiger partial charge in [-0.15, -0.1) is 0 Å². The Labute approximate surface area is 99.1 Å². The Morgan fingerprint density at radius 1 is 1.24 bits per heavy atom. The summed E-state index contributed by atoms with van der Waals surface area (Å²) < 4.78 is 36.4. The van der Waals surface area contributed by atoms with Crippen LogP contribution in [-0.2, 0) is 12.8 Å². The van der Waals surface area contributed by atoms with Gasteiger partial charge in [0.2, 0.25) is 0 Å². The van der Waals surface area contributed by atoms with Crippen LogP contribution in [0.25, 0.3) is 0 Å². The van der Waals surface area contributed by atoms with Crippen LogP contribution in [0, 0.1) is 0 Å². The molecule has 1 atom stereocenters. The molecule has 0 heterocycles. The zero-order valence-electron chi connectivity index (χ0n) is 9.72. The standard InChI is InChI=1S/C13H16F3N/c1-9(2)12(17)7-10-3-5-11(6-4-10)8-13(14,15)16/h3-6,12H,1,7-8,17H2,2H3. The fourth-order valence-corrected chi connectivity index (χ4v) is 1.45. The molecule has 0 amide bonds. The van der Waals surface area contributed by atoms with Crippen LogP contribution >= 0.6 is 0 Å². The van der Waals surface area contributed by atoms with Crippen LogP contribution in [0.15, 0.2) is 36.4 Å². The van der Waals surface area contributed by atoms with Crippen molar-refractivity contribution in [2.75, 3.05) is 0 Å². The van der Waals surface area contributed by atoms with Gasteiger partial charge in [0, 0.05) is 6.04 Å². The van der Waals surface area contributed by atoms with E-state index in [9.17, 15) is 13.2 Å². The predicted octanol–water partition coefficient (Wildman–Crippen LogP) is 3.24. The Hall–Kier alpha value is -1.29. The number of hydrogen-bond donors (Lipinski definition) is 1. The van der Waals surface area contributed by atoms with Crippen molar-refractivity contribution in [3.63, 3.8) is 0 Å². The molecule has 2 N–H and O–H groups in total. The Balaban J connectivity index is 2.65. The van der Waals surface area contributed by atoms with Gasteiger partial charge in [-0.2, -0.15) is 13.2 Å². The van der Waals surface area contributed by atoms with Crippen LogP contribution in [0.5, 0.6) is 0 Å². The monoisotopic (exact) mass is 243 g/mol. The molecule has 0 spiro atoms. The van der Waals surface area contributed by atoms with Gasteiger partial charge in [-0.25, -0.2) is 0 Å². The van der Waals surface area contributed by atoms with E-state index < -0.39 is 12.6 Å². The van der Waals surface area contributed by atoms with Gasteiger partial charge in [-0.05, 0) is 24.5 Å². The molecule has 4 heteroatoms. The number of nitrogens with two attached hydrogens (primary N) is 1. The largest absolute Gasteiger partial charge is 0.393 e. The van der Waals surface area contributed by atoms with Crippen LogP contribution in [0.3, 0.4) is 0 Å². The van der Waals surface area contributed by atoms with Gasteiger partial charge in [0.15, 0.2) is 0 Å². The molecule has 0 aliphatic carbocycles. The maximum Gasteiger partial charge on any atom is 0.393 e. The Morgan fingerprint density at radius 3 is 2.12 bits per heavy atom. The van der Waals surface area contributed by atoms with Crippen molar-refractivity contribution >= 4 is 0 Å². The minimum Gasteiger partial charge on any atom is -0.324 e. The van der Waals surface area contributed by atoms with E-state index in [1.807, 2.05) is 6.92 Å². The lowest BCUT2D eigenvalue weighted by Gasteiger charge is -2.12. The summed E-state index contributed by atoms with van der Waals surface area (Å²) in [4.78, 5) is 0. The molecule has 1 nitrogen and oxygen atoms in total. The highest BCUT2D eigenvalue weighted by atomic mass is 19.4. The van der Waals surface area contributed by atoms with Crippen LogP contribution in [0.1, 0.15) is 18.1 Å². The quantitative estimate of drug-likeness (QED) is 0.807. The van der Waals surface area contributed by atoms with Crippen LogP contribution in [-0.4, -0.2) is 12.2 Å². The molecule has 0 aromatic heterocycles. The molecule has 1 unspecified atom stereocenters. The second kappa shape index (κ2) is 5.36. The fourth-order valence-electron chi connectivity index (χ4n) is 1.45.